The van der Waals surface area contributed by atoms with Gasteiger partial charge >= 0.3 is 0 Å². The summed E-state index contributed by atoms with van der Waals surface area (Å²) in [7, 11) is 0. The molecule has 3 aromatic rings. The highest BCUT2D eigenvalue weighted by Crippen LogP contribution is 2.13. The normalized spacial score (nSPS) is 10.8. The molecule has 0 unspecified atom stereocenters. The van der Waals surface area contributed by atoms with Gasteiger partial charge in [-0.25, -0.2) is 4.98 Å². The van der Waals surface area contributed by atoms with Gasteiger partial charge in [-0.2, -0.15) is 0 Å². The Balaban J connectivity index is 1.40. The molecule has 0 fully saturated rings. The zero-order valence-electron chi connectivity index (χ0n) is 14.0. The third-order valence-electron chi connectivity index (χ3n) is 3.74. The maximum absolute atomic E-state index is 11.9. The number of aryl methyl sites for hydroxylation is 1. The number of rotatable bonds is 7. The molecular weight excluding hydrogens is 338 g/mol. The summed E-state index contributed by atoms with van der Waals surface area (Å²) in [5, 5.41) is 3.53. The van der Waals surface area contributed by atoms with E-state index in [4.69, 9.17) is 16.3 Å². The lowest BCUT2D eigenvalue weighted by atomic mass is 10.2. The molecule has 25 heavy (non-hydrogen) atoms. The molecule has 5 nitrogen and oxygen atoms in total. The Bertz CT molecular complexity index is 876. The Labute approximate surface area is 151 Å². The number of imidazole rings is 1. The van der Waals surface area contributed by atoms with Gasteiger partial charge in [0.05, 0.1) is 23.9 Å². The van der Waals surface area contributed by atoms with E-state index in [9.17, 15) is 4.79 Å². The SMILES string of the molecule is Cc1cccc(OCCCC(=O)NCc2cn3cc(Cl)ccc3n2)c1. The predicted molar refractivity (Wildman–Crippen MR) is 98.0 cm³/mol. The van der Waals surface area contributed by atoms with E-state index in [0.717, 1.165) is 22.7 Å². The van der Waals surface area contributed by atoms with Crippen molar-refractivity contribution in [3.05, 3.63) is 65.1 Å². The van der Waals surface area contributed by atoms with Crippen LogP contribution in [0.1, 0.15) is 24.1 Å². The zero-order valence-corrected chi connectivity index (χ0v) is 14.8. The summed E-state index contributed by atoms with van der Waals surface area (Å²) in [6.07, 6.45) is 4.74. The van der Waals surface area contributed by atoms with E-state index in [1.165, 1.54) is 0 Å². The molecule has 1 aromatic carbocycles. The largest absolute Gasteiger partial charge is 0.494 e. The van der Waals surface area contributed by atoms with Gasteiger partial charge in [0.1, 0.15) is 11.4 Å². The second kappa shape index (κ2) is 8.03. The van der Waals surface area contributed by atoms with Gasteiger partial charge in [0.25, 0.3) is 0 Å². The maximum atomic E-state index is 11.9. The first-order chi connectivity index (χ1) is 12.1. The highest BCUT2D eigenvalue weighted by atomic mass is 35.5. The van der Waals surface area contributed by atoms with Crippen LogP contribution >= 0.6 is 11.6 Å². The van der Waals surface area contributed by atoms with E-state index in [2.05, 4.69) is 10.3 Å². The Morgan fingerprint density at radius 3 is 3.00 bits per heavy atom. The molecule has 6 heteroatoms. The molecule has 0 radical (unpaired) electrons. The lowest BCUT2D eigenvalue weighted by molar-refractivity contribution is -0.121. The van der Waals surface area contributed by atoms with Crippen molar-refractivity contribution in [2.75, 3.05) is 6.61 Å². The molecule has 0 saturated carbocycles. The summed E-state index contributed by atoms with van der Waals surface area (Å²) in [4.78, 5) is 16.4. The number of halogens is 1. The first kappa shape index (κ1) is 17.3. The topological polar surface area (TPSA) is 55.6 Å². The van der Waals surface area contributed by atoms with E-state index >= 15 is 0 Å². The fraction of sp³-hybridized carbons (Fsp3) is 0.263. The van der Waals surface area contributed by atoms with Crippen molar-refractivity contribution in [2.24, 2.45) is 0 Å². The molecule has 3 rings (SSSR count). The second-order valence-electron chi connectivity index (χ2n) is 5.89. The minimum absolute atomic E-state index is 0.0112. The predicted octanol–water partition coefficient (Wildman–Crippen LogP) is 3.77. The molecule has 2 heterocycles. The van der Waals surface area contributed by atoms with Gasteiger partial charge in [-0.15, -0.1) is 0 Å². The smallest absolute Gasteiger partial charge is 0.220 e. The molecule has 0 aliphatic carbocycles. The van der Waals surface area contributed by atoms with Crippen molar-refractivity contribution in [1.29, 1.82) is 0 Å². The van der Waals surface area contributed by atoms with Crippen LogP contribution in [0.15, 0.2) is 48.8 Å². The fourth-order valence-electron chi connectivity index (χ4n) is 2.51. The zero-order chi connectivity index (χ0) is 17.6. The molecule has 0 spiro atoms. The molecule has 1 amide bonds. The molecular formula is C19H20ClN3O2. The van der Waals surface area contributed by atoms with Crippen LogP contribution in [0, 0.1) is 6.92 Å². The van der Waals surface area contributed by atoms with E-state index < -0.39 is 0 Å². The molecule has 0 aliphatic rings. The molecule has 2 aromatic heterocycles. The van der Waals surface area contributed by atoms with Crippen LogP contribution in [0.4, 0.5) is 0 Å². The number of benzene rings is 1. The summed E-state index contributed by atoms with van der Waals surface area (Å²) < 4.78 is 7.49. The molecule has 0 atom stereocenters. The average Bonchev–Trinajstić information content (AvgIpc) is 2.99. The molecule has 0 bridgehead atoms. The number of aromatic nitrogens is 2. The number of amides is 1. The Kier molecular flexibility index (Phi) is 5.56. The van der Waals surface area contributed by atoms with E-state index in [-0.39, 0.29) is 5.91 Å². The van der Waals surface area contributed by atoms with Crippen molar-refractivity contribution in [3.8, 4) is 5.75 Å². The number of carbonyl (C=O) groups is 1. The number of carbonyl (C=O) groups excluding carboxylic acids is 1. The summed E-state index contributed by atoms with van der Waals surface area (Å²) in [5.74, 6) is 0.826. The van der Waals surface area contributed by atoms with Crippen molar-refractivity contribution < 1.29 is 9.53 Å². The van der Waals surface area contributed by atoms with Gasteiger partial charge in [0.15, 0.2) is 0 Å². The first-order valence-corrected chi connectivity index (χ1v) is 8.57. The van der Waals surface area contributed by atoms with Crippen molar-refractivity contribution in [1.82, 2.24) is 14.7 Å². The lowest BCUT2D eigenvalue weighted by Crippen LogP contribution is -2.23. The second-order valence-corrected chi connectivity index (χ2v) is 6.33. The maximum Gasteiger partial charge on any atom is 0.220 e. The van der Waals surface area contributed by atoms with Gasteiger partial charge in [-0.1, -0.05) is 23.7 Å². The number of hydrogen-bond acceptors (Lipinski definition) is 3. The minimum Gasteiger partial charge on any atom is -0.494 e. The van der Waals surface area contributed by atoms with Gasteiger partial charge in [-0.3, -0.25) is 4.79 Å². The Morgan fingerprint density at radius 2 is 2.16 bits per heavy atom. The summed E-state index contributed by atoms with van der Waals surface area (Å²) in [6.45, 7) is 2.94. The first-order valence-electron chi connectivity index (χ1n) is 8.19. The quantitative estimate of drug-likeness (QED) is 0.655. The van der Waals surface area contributed by atoms with E-state index in [1.54, 1.807) is 12.3 Å². The number of fused-ring (bicyclic) bond motifs is 1. The third kappa shape index (κ3) is 4.97. The van der Waals surface area contributed by atoms with Gasteiger partial charge in [-0.05, 0) is 43.2 Å². The number of pyridine rings is 1. The summed E-state index contributed by atoms with van der Waals surface area (Å²) >= 11 is 5.95. The van der Waals surface area contributed by atoms with Crippen LogP contribution in [-0.4, -0.2) is 21.9 Å². The average molecular weight is 358 g/mol. The Morgan fingerprint density at radius 1 is 1.28 bits per heavy atom. The molecule has 0 aliphatic heterocycles. The highest BCUT2D eigenvalue weighted by Gasteiger charge is 2.05. The summed E-state index contributed by atoms with van der Waals surface area (Å²) in [6, 6.07) is 11.5. The number of ether oxygens (including phenoxy) is 1. The van der Waals surface area contributed by atoms with Gasteiger partial charge in [0, 0.05) is 18.8 Å². The van der Waals surface area contributed by atoms with Crippen molar-refractivity contribution in [2.45, 2.75) is 26.3 Å². The standard InChI is InChI=1S/C19H20ClN3O2/c1-14-4-2-5-17(10-14)25-9-3-6-19(24)21-11-16-13-23-12-15(20)7-8-18(23)22-16/h2,4-5,7-8,10,12-13H,3,6,9,11H2,1H3,(H,21,24). The van der Waals surface area contributed by atoms with Gasteiger partial charge in [0.2, 0.25) is 5.91 Å². The van der Waals surface area contributed by atoms with E-state index in [1.807, 2.05) is 47.9 Å². The highest BCUT2D eigenvalue weighted by molar-refractivity contribution is 6.30. The molecule has 130 valence electrons. The monoisotopic (exact) mass is 357 g/mol. The van der Waals surface area contributed by atoms with Crippen LogP contribution in [0.25, 0.3) is 5.65 Å². The molecule has 1 N–H and O–H groups in total. The van der Waals surface area contributed by atoms with Crippen LogP contribution in [0.2, 0.25) is 5.02 Å². The number of hydrogen-bond donors (Lipinski definition) is 1. The van der Waals surface area contributed by atoms with E-state index in [0.29, 0.717) is 31.0 Å². The molecule has 0 saturated heterocycles. The van der Waals surface area contributed by atoms with Crippen molar-refractivity contribution >= 4 is 23.2 Å². The third-order valence-corrected chi connectivity index (χ3v) is 3.96. The van der Waals surface area contributed by atoms with Crippen LogP contribution in [0.3, 0.4) is 0 Å². The van der Waals surface area contributed by atoms with Crippen LogP contribution < -0.4 is 10.1 Å². The number of nitrogens with zero attached hydrogens (tertiary/aromatic N) is 2. The Hall–Kier alpha value is -2.53. The van der Waals surface area contributed by atoms with Crippen molar-refractivity contribution in [3.63, 3.8) is 0 Å². The lowest BCUT2D eigenvalue weighted by Gasteiger charge is -2.07. The number of nitrogens with one attached hydrogen (secondary N) is 1. The minimum atomic E-state index is -0.0112. The fourth-order valence-corrected chi connectivity index (χ4v) is 2.68. The van der Waals surface area contributed by atoms with Crippen LogP contribution in [-0.2, 0) is 11.3 Å². The van der Waals surface area contributed by atoms with Crippen LogP contribution in [0.5, 0.6) is 5.75 Å². The van der Waals surface area contributed by atoms with Gasteiger partial charge < -0.3 is 14.5 Å². The summed E-state index contributed by atoms with van der Waals surface area (Å²) in [5.41, 5.74) is 2.76.